The Hall–Kier alpha value is -0.670. The maximum atomic E-state index is 12.3. The van der Waals surface area contributed by atoms with Crippen LogP contribution in [0.3, 0.4) is 0 Å². The molecule has 0 aromatic heterocycles. The Balaban J connectivity index is 1.55. The lowest BCUT2D eigenvalue weighted by atomic mass is 10.1. The van der Waals surface area contributed by atoms with Gasteiger partial charge in [-0.3, -0.25) is 9.69 Å². The molecular weight excluding hydrogens is 364 g/mol. The van der Waals surface area contributed by atoms with Crippen molar-refractivity contribution in [1.82, 2.24) is 10.2 Å². The molecule has 25 heavy (non-hydrogen) atoms. The fourth-order valence-corrected chi connectivity index (χ4v) is 8.14. The number of sulfone groups is 2. The minimum absolute atomic E-state index is 0.0463. The van der Waals surface area contributed by atoms with E-state index in [1.165, 1.54) is 0 Å². The van der Waals surface area contributed by atoms with E-state index in [0.29, 0.717) is 12.8 Å². The van der Waals surface area contributed by atoms with E-state index in [-0.39, 0.29) is 40.9 Å². The van der Waals surface area contributed by atoms with E-state index in [2.05, 4.69) is 10.2 Å². The summed E-state index contributed by atoms with van der Waals surface area (Å²) in [6.07, 6.45) is 5.29. The van der Waals surface area contributed by atoms with Gasteiger partial charge in [-0.25, -0.2) is 16.8 Å². The Labute approximate surface area is 150 Å². The van der Waals surface area contributed by atoms with Crippen LogP contribution in [0.5, 0.6) is 0 Å². The Morgan fingerprint density at radius 2 is 1.68 bits per heavy atom. The smallest absolute Gasteiger partial charge is 0.221 e. The summed E-state index contributed by atoms with van der Waals surface area (Å²) in [5, 5.41) is 2.50. The Morgan fingerprint density at radius 1 is 1.04 bits per heavy atom. The molecular formula is C16H28N2O5S2. The van der Waals surface area contributed by atoms with Crippen LogP contribution in [0, 0.1) is 0 Å². The number of amides is 1. The minimum atomic E-state index is -3.23. The van der Waals surface area contributed by atoms with Crippen LogP contribution >= 0.6 is 0 Å². The molecule has 0 bridgehead atoms. The van der Waals surface area contributed by atoms with Crippen LogP contribution in [-0.2, 0) is 24.5 Å². The Bertz CT molecular complexity index is 692. The molecule has 2 unspecified atom stereocenters. The summed E-state index contributed by atoms with van der Waals surface area (Å²) in [4.78, 5) is 14.4. The molecule has 144 valence electrons. The standard InChI is InChI=1S/C16H28N2O5S2/c19-16(7-10-25(22,23)13-5-1-2-6-13)17-14-11-24(20,21)12-15(14)18-8-3-4-9-18/h13-15H,1-12H2,(H,17,19). The van der Waals surface area contributed by atoms with Gasteiger partial charge >= 0.3 is 0 Å². The van der Waals surface area contributed by atoms with Gasteiger partial charge in [0, 0.05) is 12.5 Å². The maximum absolute atomic E-state index is 12.3. The summed E-state index contributed by atoms with van der Waals surface area (Å²) < 4.78 is 48.5. The van der Waals surface area contributed by atoms with Crippen molar-refractivity contribution < 1.29 is 21.6 Å². The van der Waals surface area contributed by atoms with E-state index in [0.717, 1.165) is 38.8 Å². The van der Waals surface area contributed by atoms with Crippen LogP contribution in [0.4, 0.5) is 0 Å². The van der Waals surface area contributed by atoms with Crippen LogP contribution < -0.4 is 5.32 Å². The van der Waals surface area contributed by atoms with Gasteiger partial charge in [0.05, 0.1) is 28.6 Å². The van der Waals surface area contributed by atoms with E-state index < -0.39 is 25.7 Å². The van der Waals surface area contributed by atoms with Gasteiger partial charge in [-0.2, -0.15) is 0 Å². The molecule has 1 amide bonds. The molecule has 3 aliphatic rings. The SMILES string of the molecule is O=C(CCS(=O)(=O)C1CCCC1)NC1CS(=O)(=O)CC1N1CCCC1. The zero-order valence-corrected chi connectivity index (χ0v) is 16.2. The van der Waals surface area contributed by atoms with E-state index >= 15 is 0 Å². The molecule has 2 heterocycles. The normalized spacial score (nSPS) is 30.7. The second-order valence-corrected chi connectivity index (χ2v) is 12.1. The minimum Gasteiger partial charge on any atom is -0.351 e. The lowest BCUT2D eigenvalue weighted by Crippen LogP contribution is -2.50. The third-order valence-corrected chi connectivity index (χ3v) is 9.68. The fourth-order valence-electron chi connectivity index (χ4n) is 4.33. The molecule has 0 aromatic carbocycles. The number of carbonyl (C=O) groups excluding carboxylic acids is 1. The van der Waals surface area contributed by atoms with Gasteiger partial charge in [-0.05, 0) is 38.8 Å². The van der Waals surface area contributed by atoms with Crippen molar-refractivity contribution in [1.29, 1.82) is 0 Å². The van der Waals surface area contributed by atoms with Crippen LogP contribution in [0.2, 0.25) is 0 Å². The topological polar surface area (TPSA) is 101 Å². The highest BCUT2D eigenvalue weighted by atomic mass is 32.2. The van der Waals surface area contributed by atoms with Crippen LogP contribution in [0.1, 0.15) is 44.9 Å². The molecule has 2 saturated heterocycles. The van der Waals surface area contributed by atoms with Gasteiger partial charge in [0.1, 0.15) is 0 Å². The largest absolute Gasteiger partial charge is 0.351 e. The molecule has 0 radical (unpaired) electrons. The molecule has 0 spiro atoms. The van der Waals surface area contributed by atoms with Gasteiger partial charge in [0.15, 0.2) is 19.7 Å². The first kappa shape index (κ1) is 19.1. The first-order valence-electron chi connectivity index (χ1n) is 9.22. The van der Waals surface area contributed by atoms with E-state index in [1.54, 1.807) is 0 Å². The number of rotatable bonds is 6. The van der Waals surface area contributed by atoms with Crippen molar-refractivity contribution in [2.45, 2.75) is 62.3 Å². The second-order valence-electron chi connectivity index (χ2n) is 7.58. The molecule has 1 aliphatic carbocycles. The third-order valence-electron chi connectivity index (χ3n) is 5.70. The molecule has 1 saturated carbocycles. The maximum Gasteiger partial charge on any atom is 0.221 e. The zero-order valence-electron chi connectivity index (χ0n) is 14.5. The second kappa shape index (κ2) is 7.52. The van der Waals surface area contributed by atoms with Gasteiger partial charge in [0.2, 0.25) is 5.91 Å². The van der Waals surface area contributed by atoms with Crippen molar-refractivity contribution in [3.63, 3.8) is 0 Å². The van der Waals surface area contributed by atoms with Crippen molar-refractivity contribution in [2.24, 2.45) is 0 Å². The summed E-state index contributed by atoms with van der Waals surface area (Å²) in [6, 6.07) is -0.604. The lowest BCUT2D eigenvalue weighted by molar-refractivity contribution is -0.121. The number of carbonyl (C=O) groups is 1. The number of hydrogen-bond donors (Lipinski definition) is 1. The van der Waals surface area contributed by atoms with E-state index in [1.807, 2.05) is 0 Å². The van der Waals surface area contributed by atoms with Crippen molar-refractivity contribution in [2.75, 3.05) is 30.3 Å². The highest BCUT2D eigenvalue weighted by molar-refractivity contribution is 7.92. The van der Waals surface area contributed by atoms with Gasteiger partial charge < -0.3 is 5.32 Å². The fraction of sp³-hybridized carbons (Fsp3) is 0.938. The molecule has 0 aromatic rings. The monoisotopic (exact) mass is 392 g/mol. The van der Waals surface area contributed by atoms with Crippen molar-refractivity contribution in [3.05, 3.63) is 0 Å². The summed E-state index contributed by atoms with van der Waals surface area (Å²) in [7, 11) is -6.39. The molecule has 3 fully saturated rings. The number of nitrogens with one attached hydrogen (secondary N) is 1. The molecule has 7 nitrogen and oxygen atoms in total. The van der Waals surface area contributed by atoms with Crippen LogP contribution in [-0.4, -0.2) is 75.3 Å². The third kappa shape index (κ3) is 4.74. The predicted molar refractivity (Wildman–Crippen MR) is 95.8 cm³/mol. The number of hydrogen-bond acceptors (Lipinski definition) is 6. The zero-order chi connectivity index (χ0) is 18.1. The lowest BCUT2D eigenvalue weighted by Gasteiger charge is -2.28. The summed E-state index contributed by atoms with van der Waals surface area (Å²) in [6.45, 7) is 1.73. The first-order valence-corrected chi connectivity index (χ1v) is 12.8. The van der Waals surface area contributed by atoms with E-state index in [4.69, 9.17) is 0 Å². The van der Waals surface area contributed by atoms with Gasteiger partial charge in [-0.1, -0.05) is 12.8 Å². The summed E-state index contributed by atoms with van der Waals surface area (Å²) in [5.74, 6) is -0.460. The van der Waals surface area contributed by atoms with Crippen LogP contribution in [0.25, 0.3) is 0 Å². The van der Waals surface area contributed by atoms with Crippen molar-refractivity contribution >= 4 is 25.6 Å². The highest BCUT2D eigenvalue weighted by Gasteiger charge is 2.42. The Morgan fingerprint density at radius 3 is 2.32 bits per heavy atom. The predicted octanol–water partition coefficient (Wildman–Crippen LogP) is 0.112. The van der Waals surface area contributed by atoms with Gasteiger partial charge in [-0.15, -0.1) is 0 Å². The van der Waals surface area contributed by atoms with E-state index in [9.17, 15) is 21.6 Å². The molecule has 9 heteroatoms. The first-order chi connectivity index (χ1) is 11.8. The van der Waals surface area contributed by atoms with Gasteiger partial charge in [0.25, 0.3) is 0 Å². The highest BCUT2D eigenvalue weighted by Crippen LogP contribution is 2.26. The molecule has 3 rings (SSSR count). The summed E-state index contributed by atoms with van der Waals surface area (Å²) >= 11 is 0. The number of likely N-dealkylation sites (tertiary alicyclic amines) is 1. The quantitative estimate of drug-likeness (QED) is 0.689. The molecule has 2 atom stereocenters. The summed E-state index contributed by atoms with van der Waals surface area (Å²) in [5.41, 5.74) is 0. The number of nitrogens with zero attached hydrogens (tertiary/aromatic N) is 1. The molecule has 1 N–H and O–H groups in total. The van der Waals surface area contributed by atoms with Crippen molar-refractivity contribution in [3.8, 4) is 0 Å². The average molecular weight is 393 g/mol. The molecule has 2 aliphatic heterocycles. The Kier molecular flexibility index (Phi) is 5.75. The van der Waals surface area contributed by atoms with Crippen LogP contribution in [0.15, 0.2) is 0 Å². The average Bonchev–Trinajstić information content (AvgIpc) is 3.26.